The minimum absolute atomic E-state index is 0.0967. The van der Waals surface area contributed by atoms with Gasteiger partial charge in [-0.15, -0.1) is 0 Å². The second-order valence-electron chi connectivity index (χ2n) is 4.78. The van der Waals surface area contributed by atoms with Crippen molar-refractivity contribution in [2.24, 2.45) is 0 Å². The van der Waals surface area contributed by atoms with E-state index < -0.39 is 0 Å². The molecule has 2 aromatic heterocycles. The molecule has 0 aliphatic carbocycles. The molecule has 0 spiro atoms. The van der Waals surface area contributed by atoms with Gasteiger partial charge in [-0.25, -0.2) is 9.97 Å². The Labute approximate surface area is 121 Å². The Kier molecular flexibility index (Phi) is 3.64. The van der Waals surface area contributed by atoms with E-state index in [1.54, 1.807) is 18.3 Å². The van der Waals surface area contributed by atoms with Crippen molar-refractivity contribution in [2.75, 3.05) is 6.61 Å². The second kappa shape index (κ2) is 5.75. The van der Waals surface area contributed by atoms with Gasteiger partial charge in [0.1, 0.15) is 18.7 Å². The Morgan fingerprint density at radius 3 is 2.76 bits per heavy atom. The van der Waals surface area contributed by atoms with E-state index in [4.69, 9.17) is 4.74 Å². The maximum Gasteiger partial charge on any atom is 0.262 e. The molecule has 106 valence electrons. The van der Waals surface area contributed by atoms with E-state index in [0.717, 1.165) is 5.75 Å². The lowest BCUT2D eigenvalue weighted by Gasteiger charge is -2.08. The van der Waals surface area contributed by atoms with Crippen LogP contribution in [0.3, 0.4) is 0 Å². The van der Waals surface area contributed by atoms with Gasteiger partial charge in [-0.2, -0.15) is 0 Å². The van der Waals surface area contributed by atoms with Crippen LogP contribution in [0.2, 0.25) is 0 Å². The number of hydrogen-bond acceptors (Lipinski definition) is 4. The van der Waals surface area contributed by atoms with Gasteiger partial charge in [0, 0.05) is 6.20 Å². The number of ether oxygens (including phenoxy) is 1. The minimum atomic E-state index is -0.0967. The van der Waals surface area contributed by atoms with Crippen LogP contribution in [0.15, 0.2) is 53.7 Å². The largest absolute Gasteiger partial charge is 0.492 e. The molecule has 0 aliphatic rings. The van der Waals surface area contributed by atoms with Crippen molar-refractivity contribution < 1.29 is 4.74 Å². The molecular weight excluding hydrogens is 266 g/mol. The molecule has 0 N–H and O–H groups in total. The molecule has 0 bridgehead atoms. The summed E-state index contributed by atoms with van der Waals surface area (Å²) in [5, 5.41) is 0.523. The first-order valence-electron chi connectivity index (χ1n) is 6.74. The SMILES string of the molecule is Cc1ccc(OCCn2cnc3ncccc3c2=O)cc1. The number of rotatable bonds is 4. The van der Waals surface area contributed by atoms with E-state index in [1.165, 1.54) is 16.5 Å². The Hall–Kier alpha value is -2.69. The first-order valence-corrected chi connectivity index (χ1v) is 6.74. The third kappa shape index (κ3) is 2.91. The second-order valence-corrected chi connectivity index (χ2v) is 4.78. The molecule has 0 saturated carbocycles. The quantitative estimate of drug-likeness (QED) is 0.735. The van der Waals surface area contributed by atoms with E-state index in [0.29, 0.717) is 24.2 Å². The average Bonchev–Trinajstić information content (AvgIpc) is 2.52. The number of aryl methyl sites for hydroxylation is 1. The van der Waals surface area contributed by atoms with Crippen LogP contribution >= 0.6 is 0 Å². The first-order chi connectivity index (χ1) is 10.2. The number of pyridine rings is 1. The van der Waals surface area contributed by atoms with Crippen LogP contribution in [0.25, 0.3) is 11.0 Å². The molecular formula is C16H15N3O2. The van der Waals surface area contributed by atoms with Gasteiger partial charge < -0.3 is 4.74 Å². The van der Waals surface area contributed by atoms with E-state index in [9.17, 15) is 4.79 Å². The fraction of sp³-hybridized carbons (Fsp3) is 0.188. The van der Waals surface area contributed by atoms with Gasteiger partial charge in [0.15, 0.2) is 5.65 Å². The maximum absolute atomic E-state index is 12.2. The lowest BCUT2D eigenvalue weighted by molar-refractivity contribution is 0.296. The molecule has 0 atom stereocenters. The Morgan fingerprint density at radius 2 is 1.95 bits per heavy atom. The molecule has 0 amide bonds. The highest BCUT2D eigenvalue weighted by Crippen LogP contribution is 2.11. The van der Waals surface area contributed by atoms with Crippen molar-refractivity contribution in [3.63, 3.8) is 0 Å². The summed E-state index contributed by atoms with van der Waals surface area (Å²) in [6.45, 7) is 2.89. The molecule has 3 rings (SSSR count). The predicted molar refractivity (Wildman–Crippen MR) is 80.5 cm³/mol. The number of fused-ring (bicyclic) bond motifs is 1. The minimum Gasteiger partial charge on any atom is -0.492 e. The van der Waals surface area contributed by atoms with Gasteiger partial charge in [-0.3, -0.25) is 9.36 Å². The molecule has 1 aromatic carbocycles. The number of hydrogen-bond donors (Lipinski definition) is 0. The van der Waals surface area contributed by atoms with Crippen molar-refractivity contribution in [1.29, 1.82) is 0 Å². The van der Waals surface area contributed by atoms with Crippen LogP contribution < -0.4 is 10.3 Å². The predicted octanol–water partition coefficient (Wildman–Crippen LogP) is 2.18. The van der Waals surface area contributed by atoms with Gasteiger partial charge in [0.25, 0.3) is 5.56 Å². The number of nitrogens with zero attached hydrogens (tertiary/aromatic N) is 3. The van der Waals surface area contributed by atoms with Crippen molar-refractivity contribution in [1.82, 2.24) is 14.5 Å². The highest BCUT2D eigenvalue weighted by Gasteiger charge is 2.04. The van der Waals surface area contributed by atoms with Gasteiger partial charge in [-0.05, 0) is 31.2 Å². The summed E-state index contributed by atoms with van der Waals surface area (Å²) in [5.41, 5.74) is 1.56. The van der Waals surface area contributed by atoms with Crippen molar-refractivity contribution >= 4 is 11.0 Å². The molecule has 0 aliphatic heterocycles. The van der Waals surface area contributed by atoms with Crippen LogP contribution in [0, 0.1) is 6.92 Å². The molecule has 0 saturated heterocycles. The van der Waals surface area contributed by atoms with E-state index in [2.05, 4.69) is 9.97 Å². The summed E-state index contributed by atoms with van der Waals surface area (Å²) in [6.07, 6.45) is 3.13. The van der Waals surface area contributed by atoms with E-state index in [-0.39, 0.29) is 5.56 Å². The normalized spacial score (nSPS) is 10.7. The molecule has 5 heteroatoms. The Balaban J connectivity index is 1.72. The molecule has 3 aromatic rings. The fourth-order valence-corrected chi connectivity index (χ4v) is 2.05. The third-order valence-corrected chi connectivity index (χ3v) is 3.22. The molecule has 0 radical (unpaired) electrons. The van der Waals surface area contributed by atoms with Crippen LogP contribution in [0.5, 0.6) is 5.75 Å². The standard InChI is InChI=1S/C16H15N3O2/c1-12-4-6-13(7-5-12)21-10-9-19-11-18-15-14(16(19)20)3-2-8-17-15/h2-8,11H,9-10H2,1H3. The van der Waals surface area contributed by atoms with Gasteiger partial charge in [0.2, 0.25) is 0 Å². The summed E-state index contributed by atoms with van der Waals surface area (Å²) >= 11 is 0. The highest BCUT2D eigenvalue weighted by atomic mass is 16.5. The highest BCUT2D eigenvalue weighted by molar-refractivity contribution is 5.72. The summed E-state index contributed by atoms with van der Waals surface area (Å²) in [4.78, 5) is 20.5. The topological polar surface area (TPSA) is 57.0 Å². The molecule has 21 heavy (non-hydrogen) atoms. The lowest BCUT2D eigenvalue weighted by Crippen LogP contribution is -2.23. The molecule has 0 unspecified atom stereocenters. The maximum atomic E-state index is 12.2. The Bertz CT molecular complexity index is 810. The Morgan fingerprint density at radius 1 is 1.14 bits per heavy atom. The summed E-state index contributed by atoms with van der Waals surface area (Å²) < 4.78 is 7.17. The van der Waals surface area contributed by atoms with Gasteiger partial charge in [-0.1, -0.05) is 17.7 Å². The smallest absolute Gasteiger partial charge is 0.262 e. The zero-order valence-electron chi connectivity index (χ0n) is 11.7. The number of aromatic nitrogens is 3. The zero-order valence-corrected chi connectivity index (χ0v) is 11.7. The van der Waals surface area contributed by atoms with Crippen LogP contribution in [0.1, 0.15) is 5.56 Å². The van der Waals surface area contributed by atoms with Crippen LogP contribution in [-0.4, -0.2) is 21.1 Å². The summed E-state index contributed by atoms with van der Waals surface area (Å²) in [7, 11) is 0. The molecule has 2 heterocycles. The summed E-state index contributed by atoms with van der Waals surface area (Å²) in [5.74, 6) is 0.795. The van der Waals surface area contributed by atoms with E-state index in [1.807, 2.05) is 31.2 Å². The summed E-state index contributed by atoms with van der Waals surface area (Å²) in [6, 6.07) is 11.3. The van der Waals surface area contributed by atoms with Gasteiger partial charge in [0.05, 0.1) is 11.9 Å². The van der Waals surface area contributed by atoms with Crippen LogP contribution in [-0.2, 0) is 6.54 Å². The van der Waals surface area contributed by atoms with Gasteiger partial charge >= 0.3 is 0 Å². The monoisotopic (exact) mass is 281 g/mol. The van der Waals surface area contributed by atoms with Crippen molar-refractivity contribution in [2.45, 2.75) is 13.5 Å². The zero-order chi connectivity index (χ0) is 14.7. The van der Waals surface area contributed by atoms with Crippen molar-refractivity contribution in [3.8, 4) is 5.75 Å². The van der Waals surface area contributed by atoms with E-state index >= 15 is 0 Å². The molecule has 5 nitrogen and oxygen atoms in total. The fourth-order valence-electron chi connectivity index (χ4n) is 2.05. The van der Waals surface area contributed by atoms with Crippen molar-refractivity contribution in [3.05, 3.63) is 64.8 Å². The third-order valence-electron chi connectivity index (χ3n) is 3.22. The average molecular weight is 281 g/mol. The molecule has 0 fully saturated rings. The lowest BCUT2D eigenvalue weighted by atomic mass is 10.2. The number of benzene rings is 1. The first kappa shape index (κ1) is 13.3. The van der Waals surface area contributed by atoms with Crippen LogP contribution in [0.4, 0.5) is 0 Å².